The number of allylic oxidation sites excluding steroid dienone is 1. The smallest absolute Gasteiger partial charge is 0.309 e. The van der Waals surface area contributed by atoms with E-state index in [2.05, 4.69) is 0 Å². The van der Waals surface area contributed by atoms with E-state index in [1.807, 2.05) is 0 Å². The number of aliphatic carboxylic acids is 1. The van der Waals surface area contributed by atoms with Crippen molar-refractivity contribution in [2.24, 2.45) is 5.41 Å². The highest BCUT2D eigenvalue weighted by Crippen LogP contribution is 2.34. The third-order valence-electron chi connectivity index (χ3n) is 3.33. The zero-order valence-electron chi connectivity index (χ0n) is 11.1. The molecule has 0 saturated carbocycles. The van der Waals surface area contributed by atoms with Gasteiger partial charge in [0, 0.05) is 5.41 Å². The number of hydrogen-bond donors (Lipinski definition) is 1. The lowest BCUT2D eigenvalue weighted by molar-refractivity contribution is -0.146. The highest BCUT2D eigenvalue weighted by molar-refractivity contribution is 7.95. The molecule has 1 aliphatic heterocycles. The Morgan fingerprint density at radius 2 is 1.95 bits per heavy atom. The molecular weight excluding hydrogens is 264 g/mol. The molecule has 0 radical (unpaired) electrons. The van der Waals surface area contributed by atoms with Gasteiger partial charge in [-0.3, -0.25) is 4.79 Å². The molecule has 0 amide bonds. The molecule has 0 saturated heterocycles. The summed E-state index contributed by atoms with van der Waals surface area (Å²) < 4.78 is 23.8. The normalized spacial score (nSPS) is 16.9. The van der Waals surface area contributed by atoms with Crippen LogP contribution in [0.25, 0.3) is 5.57 Å². The molecule has 0 unspecified atom stereocenters. The average Bonchev–Trinajstić information content (AvgIpc) is 2.48. The molecule has 1 aliphatic rings. The van der Waals surface area contributed by atoms with Gasteiger partial charge in [-0.1, -0.05) is 12.1 Å². The van der Waals surface area contributed by atoms with E-state index in [0.717, 1.165) is 11.1 Å². The van der Waals surface area contributed by atoms with Gasteiger partial charge in [0.2, 0.25) is 9.84 Å². The van der Waals surface area contributed by atoms with Gasteiger partial charge in [-0.15, -0.1) is 0 Å². The number of fused-ring (bicyclic) bond motifs is 1. The van der Waals surface area contributed by atoms with Crippen LogP contribution >= 0.6 is 0 Å². The summed E-state index contributed by atoms with van der Waals surface area (Å²) in [7, 11) is -3.36. The second-order valence-corrected chi connectivity index (χ2v) is 7.31. The van der Waals surface area contributed by atoms with Crippen LogP contribution in [0.5, 0.6) is 0 Å². The van der Waals surface area contributed by atoms with Gasteiger partial charge >= 0.3 is 5.97 Å². The molecule has 0 atom stereocenters. The molecule has 1 aromatic carbocycles. The van der Waals surface area contributed by atoms with Crippen molar-refractivity contribution in [2.45, 2.75) is 32.1 Å². The Labute approximate surface area is 112 Å². The van der Waals surface area contributed by atoms with Crippen LogP contribution in [-0.2, 0) is 21.1 Å². The highest BCUT2D eigenvalue weighted by Gasteiger charge is 2.29. The van der Waals surface area contributed by atoms with Crippen LogP contribution in [0.4, 0.5) is 0 Å². The van der Waals surface area contributed by atoms with E-state index in [0.29, 0.717) is 12.0 Å². The summed E-state index contributed by atoms with van der Waals surface area (Å²) in [6.07, 6.45) is 0.296. The third-order valence-corrected chi connectivity index (χ3v) is 4.95. The van der Waals surface area contributed by atoms with Crippen molar-refractivity contribution >= 4 is 21.4 Å². The number of sulfone groups is 1. The van der Waals surface area contributed by atoms with Crippen LogP contribution in [0.3, 0.4) is 0 Å². The number of carbonyl (C=O) groups is 1. The van der Waals surface area contributed by atoms with Gasteiger partial charge in [0.05, 0.1) is 10.3 Å². The number of carboxylic acid groups (broad SMARTS) is 1. The first-order valence-corrected chi connectivity index (χ1v) is 7.48. The fraction of sp³-hybridized carbons (Fsp3) is 0.357. The molecule has 1 N–H and O–H groups in total. The van der Waals surface area contributed by atoms with Crippen LogP contribution in [0, 0.1) is 5.41 Å². The number of rotatable bonds is 3. The summed E-state index contributed by atoms with van der Waals surface area (Å²) in [6, 6.07) is 5.13. The van der Waals surface area contributed by atoms with E-state index < -0.39 is 21.2 Å². The molecule has 2 rings (SSSR count). The van der Waals surface area contributed by atoms with Gasteiger partial charge in [-0.2, -0.15) is 0 Å². The van der Waals surface area contributed by atoms with Crippen molar-refractivity contribution in [2.75, 3.05) is 0 Å². The van der Waals surface area contributed by atoms with Crippen molar-refractivity contribution in [1.82, 2.24) is 0 Å². The lowest BCUT2D eigenvalue weighted by Gasteiger charge is -2.19. The number of benzene rings is 1. The van der Waals surface area contributed by atoms with Crippen molar-refractivity contribution in [1.29, 1.82) is 0 Å². The third kappa shape index (κ3) is 2.42. The van der Waals surface area contributed by atoms with Crippen LogP contribution in [0.2, 0.25) is 0 Å². The molecule has 5 heteroatoms. The molecule has 0 bridgehead atoms. The van der Waals surface area contributed by atoms with E-state index >= 15 is 0 Å². The fourth-order valence-electron chi connectivity index (χ4n) is 2.18. The van der Waals surface area contributed by atoms with E-state index in [9.17, 15) is 13.2 Å². The van der Waals surface area contributed by atoms with Gasteiger partial charge in [0.15, 0.2) is 0 Å². The van der Waals surface area contributed by atoms with Crippen molar-refractivity contribution in [3.8, 4) is 0 Å². The molecule has 0 aromatic heterocycles. The number of hydrogen-bond acceptors (Lipinski definition) is 3. The lowest BCUT2D eigenvalue weighted by Crippen LogP contribution is -2.26. The minimum atomic E-state index is -3.36. The zero-order chi connectivity index (χ0) is 14.4. The number of carboxylic acids is 1. The Morgan fingerprint density at radius 1 is 1.32 bits per heavy atom. The molecule has 0 fully saturated rings. The van der Waals surface area contributed by atoms with E-state index in [-0.39, 0.29) is 4.90 Å². The predicted octanol–water partition coefficient (Wildman–Crippen LogP) is 2.49. The topological polar surface area (TPSA) is 71.4 Å². The van der Waals surface area contributed by atoms with Crippen LogP contribution in [0.1, 0.15) is 31.9 Å². The molecule has 19 heavy (non-hydrogen) atoms. The lowest BCUT2D eigenvalue weighted by atomic mass is 9.85. The standard InChI is InChI=1S/C14H16O4S/c1-9-8-19(17,18)12-6-10(4-5-11(9)12)7-14(2,3)13(15)16/h4-6,8H,7H2,1-3H3,(H,15,16). The van der Waals surface area contributed by atoms with Crippen molar-refractivity contribution in [3.63, 3.8) is 0 Å². The summed E-state index contributed by atoms with van der Waals surface area (Å²) >= 11 is 0. The molecule has 1 heterocycles. The van der Waals surface area contributed by atoms with Crippen LogP contribution in [0.15, 0.2) is 28.5 Å². The summed E-state index contributed by atoms with van der Waals surface area (Å²) in [5.74, 6) is -0.898. The van der Waals surface area contributed by atoms with Crippen LogP contribution in [-0.4, -0.2) is 19.5 Å². The Kier molecular flexibility index (Phi) is 3.05. The van der Waals surface area contributed by atoms with E-state index in [4.69, 9.17) is 5.11 Å². The van der Waals surface area contributed by atoms with Gasteiger partial charge in [0.1, 0.15) is 0 Å². The van der Waals surface area contributed by atoms with Gasteiger partial charge in [0.25, 0.3) is 0 Å². The molecule has 0 aliphatic carbocycles. The maximum Gasteiger partial charge on any atom is 0.309 e. The summed E-state index contributed by atoms with van der Waals surface area (Å²) in [5.41, 5.74) is 1.23. The molecule has 4 nitrogen and oxygen atoms in total. The van der Waals surface area contributed by atoms with E-state index in [1.165, 1.54) is 5.41 Å². The Morgan fingerprint density at radius 3 is 2.53 bits per heavy atom. The SMILES string of the molecule is CC1=CS(=O)(=O)c2cc(CC(C)(C)C(=O)O)ccc21. The first-order valence-electron chi connectivity index (χ1n) is 5.93. The van der Waals surface area contributed by atoms with Crippen LogP contribution < -0.4 is 0 Å². The second kappa shape index (κ2) is 4.20. The van der Waals surface area contributed by atoms with Crippen molar-refractivity contribution < 1.29 is 18.3 Å². The first kappa shape index (κ1) is 13.8. The summed E-state index contributed by atoms with van der Waals surface area (Å²) in [5, 5.41) is 10.4. The van der Waals surface area contributed by atoms with Crippen molar-refractivity contribution in [3.05, 3.63) is 34.7 Å². The fourth-order valence-corrected chi connectivity index (χ4v) is 3.75. The van der Waals surface area contributed by atoms with Gasteiger partial charge in [-0.25, -0.2) is 8.42 Å². The summed E-state index contributed by atoms with van der Waals surface area (Å²) in [6.45, 7) is 5.01. The predicted molar refractivity (Wildman–Crippen MR) is 72.4 cm³/mol. The molecule has 1 aromatic rings. The maximum atomic E-state index is 11.9. The van der Waals surface area contributed by atoms with Gasteiger partial charge in [-0.05, 0) is 50.0 Å². The highest BCUT2D eigenvalue weighted by atomic mass is 32.2. The van der Waals surface area contributed by atoms with E-state index in [1.54, 1.807) is 39.0 Å². The first-order chi connectivity index (χ1) is 8.63. The molecule has 0 spiro atoms. The Hall–Kier alpha value is -1.62. The Balaban J connectivity index is 2.43. The second-order valence-electron chi connectivity index (χ2n) is 5.54. The monoisotopic (exact) mass is 280 g/mol. The molecule has 102 valence electrons. The minimum absolute atomic E-state index is 0.281. The van der Waals surface area contributed by atoms with Gasteiger partial charge < -0.3 is 5.11 Å². The average molecular weight is 280 g/mol. The largest absolute Gasteiger partial charge is 0.481 e. The molecular formula is C14H16O4S. The summed E-state index contributed by atoms with van der Waals surface area (Å²) in [4.78, 5) is 11.4. The quantitative estimate of drug-likeness (QED) is 0.923. The zero-order valence-corrected chi connectivity index (χ0v) is 11.9. The minimum Gasteiger partial charge on any atom is -0.481 e. The maximum absolute atomic E-state index is 11.9. The Bertz CT molecular complexity index is 681.